The fraction of sp³-hybridized carbons (Fsp3) is 0.429. The molecule has 1 fully saturated rings. The number of aliphatic hydroxyl groups is 1. The summed E-state index contributed by atoms with van der Waals surface area (Å²) in [6, 6.07) is 22.0. The van der Waals surface area contributed by atoms with E-state index in [0.29, 0.717) is 6.04 Å². The Labute approximate surface area is 147 Å². The topological polar surface area (TPSA) is 32.3 Å². The van der Waals surface area contributed by atoms with Crippen molar-refractivity contribution >= 4 is 10.0 Å². The summed E-state index contributed by atoms with van der Waals surface area (Å²) in [5, 5.41) is 14.3. The SMILES string of the molecule is CS(CC(O)CC[C@@H]1CCCN1)(c1ccccc1)c1ccccc1. The zero-order valence-corrected chi connectivity index (χ0v) is 15.3. The molecule has 2 aromatic carbocycles. The van der Waals surface area contributed by atoms with Gasteiger partial charge in [-0.1, -0.05) is 36.4 Å². The van der Waals surface area contributed by atoms with Gasteiger partial charge in [-0.15, -0.1) is 0 Å². The van der Waals surface area contributed by atoms with E-state index in [-0.39, 0.29) is 6.10 Å². The number of aliphatic hydroxyl groups excluding tert-OH is 1. The molecule has 2 N–H and O–H groups in total. The van der Waals surface area contributed by atoms with Crippen LogP contribution < -0.4 is 5.32 Å². The summed E-state index contributed by atoms with van der Waals surface area (Å²) in [7, 11) is -1.21. The molecule has 2 atom stereocenters. The average Bonchev–Trinajstić information content (AvgIpc) is 3.15. The molecule has 1 unspecified atom stereocenters. The summed E-state index contributed by atoms with van der Waals surface area (Å²) >= 11 is 0. The van der Waals surface area contributed by atoms with Crippen LogP contribution in [0, 0.1) is 0 Å². The number of benzene rings is 2. The van der Waals surface area contributed by atoms with E-state index in [1.807, 2.05) is 0 Å². The highest BCUT2D eigenvalue weighted by molar-refractivity contribution is 8.33. The third-order valence-electron chi connectivity index (χ3n) is 5.06. The molecule has 1 heterocycles. The molecule has 3 rings (SSSR count). The van der Waals surface area contributed by atoms with Gasteiger partial charge in [0.05, 0.1) is 6.10 Å². The molecule has 1 aliphatic rings. The third kappa shape index (κ3) is 4.21. The Hall–Kier alpha value is -1.29. The van der Waals surface area contributed by atoms with E-state index in [2.05, 4.69) is 72.2 Å². The van der Waals surface area contributed by atoms with E-state index in [0.717, 1.165) is 25.1 Å². The summed E-state index contributed by atoms with van der Waals surface area (Å²) in [5.74, 6) is 0.841. The van der Waals surface area contributed by atoms with Crippen molar-refractivity contribution in [2.45, 2.75) is 47.6 Å². The van der Waals surface area contributed by atoms with Crippen LogP contribution in [0.3, 0.4) is 0 Å². The maximum absolute atomic E-state index is 10.8. The Balaban J connectivity index is 1.75. The predicted molar refractivity (Wildman–Crippen MR) is 104 cm³/mol. The summed E-state index contributed by atoms with van der Waals surface area (Å²) in [5.41, 5.74) is 0. The van der Waals surface area contributed by atoms with Gasteiger partial charge in [0.25, 0.3) is 0 Å². The van der Waals surface area contributed by atoms with E-state index in [1.165, 1.54) is 22.6 Å². The minimum absolute atomic E-state index is 0.243. The molecule has 2 nitrogen and oxygen atoms in total. The summed E-state index contributed by atoms with van der Waals surface area (Å²) in [6.07, 6.45) is 6.61. The molecule has 0 radical (unpaired) electrons. The predicted octanol–water partition coefficient (Wildman–Crippen LogP) is 4.43. The van der Waals surface area contributed by atoms with Gasteiger partial charge in [-0.05, 0) is 72.5 Å². The van der Waals surface area contributed by atoms with Crippen LogP contribution in [0.5, 0.6) is 0 Å². The summed E-state index contributed by atoms with van der Waals surface area (Å²) in [4.78, 5) is 2.71. The molecule has 1 aliphatic heterocycles. The first-order valence-corrected chi connectivity index (χ1v) is 11.2. The lowest BCUT2D eigenvalue weighted by Crippen LogP contribution is -2.25. The Morgan fingerprint density at radius 2 is 1.62 bits per heavy atom. The van der Waals surface area contributed by atoms with Gasteiger partial charge in [0.2, 0.25) is 0 Å². The highest BCUT2D eigenvalue weighted by Gasteiger charge is 2.27. The van der Waals surface area contributed by atoms with E-state index in [9.17, 15) is 5.11 Å². The number of nitrogens with one attached hydrogen (secondary N) is 1. The molecular weight excluding hydrogens is 314 g/mol. The van der Waals surface area contributed by atoms with Crippen LogP contribution >= 0.6 is 10.0 Å². The number of hydrogen-bond donors (Lipinski definition) is 2. The van der Waals surface area contributed by atoms with Crippen LogP contribution in [0.2, 0.25) is 0 Å². The van der Waals surface area contributed by atoms with Crippen LogP contribution in [-0.4, -0.2) is 35.8 Å². The average molecular weight is 344 g/mol. The fourth-order valence-corrected chi connectivity index (χ4v) is 6.74. The van der Waals surface area contributed by atoms with E-state index in [4.69, 9.17) is 0 Å². The largest absolute Gasteiger partial charge is 0.392 e. The molecule has 0 aliphatic carbocycles. The van der Waals surface area contributed by atoms with Gasteiger partial charge in [0.15, 0.2) is 0 Å². The van der Waals surface area contributed by atoms with Gasteiger partial charge >= 0.3 is 0 Å². The van der Waals surface area contributed by atoms with Gasteiger partial charge in [-0.25, -0.2) is 0 Å². The second-order valence-corrected chi connectivity index (χ2v) is 10.4. The van der Waals surface area contributed by atoms with Gasteiger partial charge in [0.1, 0.15) is 0 Å². The minimum atomic E-state index is -1.21. The Bertz CT molecular complexity index is 571. The van der Waals surface area contributed by atoms with Crippen molar-refractivity contribution in [1.82, 2.24) is 5.32 Å². The molecule has 0 spiro atoms. The Morgan fingerprint density at radius 1 is 1.04 bits per heavy atom. The van der Waals surface area contributed by atoms with Crippen LogP contribution in [0.4, 0.5) is 0 Å². The van der Waals surface area contributed by atoms with Crippen molar-refractivity contribution in [2.75, 3.05) is 18.6 Å². The van der Waals surface area contributed by atoms with Crippen LogP contribution in [0.25, 0.3) is 0 Å². The molecule has 24 heavy (non-hydrogen) atoms. The second kappa shape index (κ2) is 8.19. The number of rotatable bonds is 7. The van der Waals surface area contributed by atoms with E-state index < -0.39 is 10.0 Å². The summed E-state index contributed by atoms with van der Waals surface area (Å²) < 4.78 is 0. The Morgan fingerprint density at radius 3 is 2.12 bits per heavy atom. The molecule has 3 heteroatoms. The molecule has 1 saturated heterocycles. The molecule has 0 saturated carbocycles. The lowest BCUT2D eigenvalue weighted by Gasteiger charge is -2.39. The fourth-order valence-electron chi connectivity index (χ4n) is 3.64. The monoisotopic (exact) mass is 343 g/mol. The van der Waals surface area contributed by atoms with E-state index in [1.54, 1.807) is 0 Å². The quantitative estimate of drug-likeness (QED) is 0.779. The molecular formula is C21H29NOS. The zero-order chi connectivity index (χ0) is 16.8. The highest BCUT2D eigenvalue weighted by atomic mass is 32.3. The van der Waals surface area contributed by atoms with Crippen molar-refractivity contribution in [1.29, 1.82) is 0 Å². The number of hydrogen-bond acceptors (Lipinski definition) is 2. The summed E-state index contributed by atoms with van der Waals surface area (Å²) in [6.45, 7) is 1.14. The lowest BCUT2D eigenvalue weighted by molar-refractivity contribution is 0.181. The standard InChI is InChI=1S/C21H29NOS/c1-24(20-10-4-2-5-11-20,21-12-6-3-7-13-21)17-19(23)15-14-18-9-8-16-22-18/h2-7,10-13,18-19,22-23H,8-9,14-17H2,1H3/t18-,19?/m0/s1. The van der Waals surface area contributed by atoms with Crippen molar-refractivity contribution in [3.8, 4) is 0 Å². The molecule has 0 amide bonds. The van der Waals surface area contributed by atoms with E-state index >= 15 is 0 Å². The van der Waals surface area contributed by atoms with Gasteiger partial charge in [-0.2, -0.15) is 10.0 Å². The van der Waals surface area contributed by atoms with Gasteiger partial charge in [0, 0.05) is 11.8 Å². The van der Waals surface area contributed by atoms with Crippen molar-refractivity contribution < 1.29 is 5.11 Å². The first-order valence-electron chi connectivity index (χ1n) is 8.96. The smallest absolute Gasteiger partial charge is 0.0622 e. The third-order valence-corrected chi connectivity index (χ3v) is 8.74. The normalized spacial score (nSPS) is 20.0. The highest BCUT2D eigenvalue weighted by Crippen LogP contribution is 2.59. The van der Waals surface area contributed by atoms with Crippen molar-refractivity contribution in [2.24, 2.45) is 0 Å². The Kier molecular flexibility index (Phi) is 5.99. The molecule has 0 bridgehead atoms. The minimum Gasteiger partial charge on any atom is -0.392 e. The van der Waals surface area contributed by atoms with Gasteiger partial charge in [-0.3, -0.25) is 0 Å². The molecule has 2 aromatic rings. The second-order valence-electron chi connectivity index (χ2n) is 6.90. The van der Waals surface area contributed by atoms with Gasteiger partial charge < -0.3 is 10.4 Å². The maximum atomic E-state index is 10.8. The lowest BCUT2D eigenvalue weighted by atomic mass is 10.1. The van der Waals surface area contributed by atoms with Crippen molar-refractivity contribution in [3.05, 3.63) is 60.7 Å². The first kappa shape index (κ1) is 17.5. The van der Waals surface area contributed by atoms with Crippen LogP contribution in [0.15, 0.2) is 70.5 Å². The molecule has 0 aromatic heterocycles. The maximum Gasteiger partial charge on any atom is 0.0622 e. The van der Waals surface area contributed by atoms with Crippen LogP contribution in [-0.2, 0) is 0 Å². The van der Waals surface area contributed by atoms with Crippen LogP contribution in [0.1, 0.15) is 25.7 Å². The van der Waals surface area contributed by atoms with Crippen molar-refractivity contribution in [3.63, 3.8) is 0 Å². The first-order chi connectivity index (χ1) is 11.7. The molecule has 130 valence electrons. The zero-order valence-electron chi connectivity index (χ0n) is 14.5.